The van der Waals surface area contributed by atoms with Crippen molar-refractivity contribution in [2.75, 3.05) is 11.9 Å². The zero-order valence-electron chi connectivity index (χ0n) is 19.1. The monoisotopic (exact) mass is 503 g/mol. The minimum absolute atomic E-state index is 0.0961. The van der Waals surface area contributed by atoms with Crippen molar-refractivity contribution in [3.8, 4) is 5.69 Å². The number of carbonyl (C=O) groups excluding carboxylic acids is 1. The molecule has 1 fully saturated rings. The maximum atomic E-state index is 14.0. The molecule has 3 heterocycles. The molecule has 1 amide bonds. The minimum Gasteiger partial charge on any atom is -0.352 e. The van der Waals surface area contributed by atoms with E-state index < -0.39 is 5.82 Å². The quantitative estimate of drug-likeness (QED) is 0.342. The molecule has 2 atom stereocenters. The Morgan fingerprint density at radius 2 is 1.78 bits per heavy atom. The predicted octanol–water partition coefficient (Wildman–Crippen LogP) is 5.15. The first kappa shape index (κ1) is 23.6. The lowest BCUT2D eigenvalue weighted by atomic mass is 10.0. The van der Waals surface area contributed by atoms with Crippen LogP contribution in [0, 0.1) is 11.6 Å². The summed E-state index contributed by atoms with van der Waals surface area (Å²) in [6, 6.07) is 21.3. The highest BCUT2D eigenvalue weighted by molar-refractivity contribution is 7.80. The van der Waals surface area contributed by atoms with Crippen LogP contribution < -0.4 is 10.6 Å². The Hall–Kier alpha value is -4.11. The van der Waals surface area contributed by atoms with E-state index in [9.17, 15) is 13.6 Å². The van der Waals surface area contributed by atoms with Gasteiger partial charge < -0.3 is 20.1 Å². The number of nitrogens with one attached hydrogen (secondary N) is 2. The number of nitrogens with zero attached hydrogens (tertiary/aromatic N) is 3. The van der Waals surface area contributed by atoms with Crippen LogP contribution in [0.1, 0.15) is 29.9 Å². The van der Waals surface area contributed by atoms with Crippen LogP contribution in [0.2, 0.25) is 0 Å². The van der Waals surface area contributed by atoms with Gasteiger partial charge in [0.15, 0.2) is 5.11 Å². The lowest BCUT2D eigenvalue weighted by molar-refractivity contribution is -0.116. The maximum absolute atomic E-state index is 14.0. The SMILES string of the molecule is O=C(CCN1C(=S)N[C@H](c2ccccn2)[C@H]1c1cccn1-c1ccc(F)cc1)Nc1ccccc1F. The molecule has 0 unspecified atom stereocenters. The molecule has 0 bridgehead atoms. The standard InChI is InChI=1S/C27H23F2N5OS/c28-18-10-12-19(13-11-18)33-16-5-9-23(33)26-25(22-8-3-4-15-30-22)32-27(36)34(26)17-14-24(35)31-21-7-2-1-6-20(21)29/h1-13,15-16,25-26H,14,17H2,(H,31,35)(H,32,36)/t25-,26-/m1/s1. The summed E-state index contributed by atoms with van der Waals surface area (Å²) in [5.41, 5.74) is 2.64. The third-order valence-corrected chi connectivity index (χ3v) is 6.47. The number of carbonyl (C=O) groups is 1. The topological polar surface area (TPSA) is 62.2 Å². The van der Waals surface area contributed by atoms with E-state index in [0.29, 0.717) is 11.7 Å². The summed E-state index contributed by atoms with van der Waals surface area (Å²) in [4.78, 5) is 19.2. The van der Waals surface area contributed by atoms with Gasteiger partial charge in [-0.3, -0.25) is 9.78 Å². The third kappa shape index (κ3) is 4.83. The Kier molecular flexibility index (Phi) is 6.73. The lowest BCUT2D eigenvalue weighted by Crippen LogP contribution is -2.33. The van der Waals surface area contributed by atoms with Crippen LogP contribution in [-0.2, 0) is 4.79 Å². The minimum atomic E-state index is -0.491. The van der Waals surface area contributed by atoms with E-state index in [1.807, 2.05) is 46.0 Å². The molecule has 0 aliphatic carbocycles. The summed E-state index contributed by atoms with van der Waals surface area (Å²) in [7, 11) is 0. The number of amides is 1. The number of rotatable bonds is 7. The summed E-state index contributed by atoms with van der Waals surface area (Å²) >= 11 is 5.68. The van der Waals surface area contributed by atoms with Gasteiger partial charge in [0.05, 0.1) is 23.5 Å². The zero-order valence-corrected chi connectivity index (χ0v) is 20.0. The number of pyridine rings is 1. The van der Waals surface area contributed by atoms with Gasteiger partial charge in [0.2, 0.25) is 5.91 Å². The molecule has 1 aliphatic rings. The molecule has 2 aromatic heterocycles. The highest BCUT2D eigenvalue weighted by Crippen LogP contribution is 2.39. The summed E-state index contributed by atoms with van der Waals surface area (Å²) < 4.78 is 29.5. The van der Waals surface area contributed by atoms with E-state index >= 15 is 0 Å². The fourth-order valence-corrected chi connectivity index (χ4v) is 4.77. The van der Waals surface area contributed by atoms with Crippen molar-refractivity contribution in [2.45, 2.75) is 18.5 Å². The van der Waals surface area contributed by atoms with Gasteiger partial charge >= 0.3 is 0 Å². The van der Waals surface area contributed by atoms with Gasteiger partial charge in [-0.25, -0.2) is 8.78 Å². The fourth-order valence-electron chi connectivity index (χ4n) is 4.44. The first-order valence-electron chi connectivity index (χ1n) is 11.5. The number of hydrogen-bond acceptors (Lipinski definition) is 3. The third-order valence-electron chi connectivity index (χ3n) is 6.11. The summed E-state index contributed by atoms with van der Waals surface area (Å²) in [6.45, 7) is 0.300. The Labute approximate surface area is 212 Å². The molecular formula is C27H23F2N5OS. The Morgan fingerprint density at radius 1 is 1.00 bits per heavy atom. The number of aromatic nitrogens is 2. The normalized spacial score (nSPS) is 17.2. The molecule has 2 N–H and O–H groups in total. The summed E-state index contributed by atoms with van der Waals surface area (Å²) in [6.07, 6.45) is 3.72. The molecule has 4 aromatic rings. The highest BCUT2D eigenvalue weighted by atomic mass is 32.1. The zero-order chi connectivity index (χ0) is 25.1. The van der Waals surface area contributed by atoms with Crippen LogP contribution >= 0.6 is 12.2 Å². The van der Waals surface area contributed by atoms with Gasteiger partial charge in [0, 0.05) is 36.7 Å². The molecule has 2 aromatic carbocycles. The van der Waals surface area contributed by atoms with Gasteiger partial charge in [-0.15, -0.1) is 0 Å². The van der Waals surface area contributed by atoms with Gasteiger partial charge in [-0.2, -0.15) is 0 Å². The van der Waals surface area contributed by atoms with Crippen molar-refractivity contribution in [1.29, 1.82) is 0 Å². The van der Waals surface area contributed by atoms with Crippen LogP contribution in [0.3, 0.4) is 0 Å². The molecule has 36 heavy (non-hydrogen) atoms. The second kappa shape index (κ2) is 10.2. The van der Waals surface area contributed by atoms with Crippen LogP contribution in [0.25, 0.3) is 5.69 Å². The number of anilines is 1. The number of halogens is 2. The first-order chi connectivity index (χ1) is 17.5. The van der Waals surface area contributed by atoms with E-state index in [1.165, 1.54) is 24.3 Å². The highest BCUT2D eigenvalue weighted by Gasteiger charge is 2.41. The number of benzene rings is 2. The van der Waals surface area contributed by atoms with Crippen LogP contribution in [0.15, 0.2) is 91.3 Å². The molecule has 9 heteroatoms. The first-order valence-corrected chi connectivity index (χ1v) is 11.9. The molecule has 1 saturated heterocycles. The van der Waals surface area contributed by atoms with Gasteiger partial charge in [0.25, 0.3) is 0 Å². The molecule has 0 saturated carbocycles. The van der Waals surface area contributed by atoms with E-state index in [0.717, 1.165) is 17.1 Å². The van der Waals surface area contributed by atoms with Crippen LogP contribution in [0.5, 0.6) is 0 Å². The van der Waals surface area contributed by atoms with E-state index in [1.54, 1.807) is 30.5 Å². The Bertz CT molecular complexity index is 1380. The molecule has 0 spiro atoms. The molecule has 1 aliphatic heterocycles. The average Bonchev–Trinajstić information content (AvgIpc) is 3.49. The number of para-hydroxylation sites is 1. The second-order valence-corrected chi connectivity index (χ2v) is 8.76. The van der Waals surface area contributed by atoms with Gasteiger partial charge in [-0.05, 0) is 72.9 Å². The van der Waals surface area contributed by atoms with Crippen molar-refractivity contribution >= 4 is 28.9 Å². The Balaban J connectivity index is 1.44. The van der Waals surface area contributed by atoms with Crippen molar-refractivity contribution in [3.63, 3.8) is 0 Å². The smallest absolute Gasteiger partial charge is 0.226 e. The van der Waals surface area contributed by atoms with Gasteiger partial charge in [0.1, 0.15) is 11.6 Å². The van der Waals surface area contributed by atoms with Gasteiger partial charge in [-0.1, -0.05) is 18.2 Å². The summed E-state index contributed by atoms with van der Waals surface area (Å²) in [5, 5.41) is 6.47. The summed E-state index contributed by atoms with van der Waals surface area (Å²) in [5.74, 6) is -1.13. The van der Waals surface area contributed by atoms with Crippen LogP contribution in [0.4, 0.5) is 14.5 Å². The largest absolute Gasteiger partial charge is 0.352 e. The lowest BCUT2D eigenvalue weighted by Gasteiger charge is -2.28. The molecule has 5 rings (SSSR count). The van der Waals surface area contributed by atoms with E-state index in [2.05, 4.69) is 15.6 Å². The Morgan fingerprint density at radius 3 is 2.53 bits per heavy atom. The van der Waals surface area contributed by atoms with Crippen molar-refractivity contribution in [3.05, 3.63) is 114 Å². The van der Waals surface area contributed by atoms with Crippen molar-refractivity contribution in [2.24, 2.45) is 0 Å². The number of thiocarbonyl (C=S) groups is 1. The fraction of sp³-hybridized carbons (Fsp3) is 0.148. The van der Waals surface area contributed by atoms with Crippen molar-refractivity contribution in [1.82, 2.24) is 19.8 Å². The average molecular weight is 504 g/mol. The maximum Gasteiger partial charge on any atom is 0.226 e. The predicted molar refractivity (Wildman–Crippen MR) is 138 cm³/mol. The number of hydrogen-bond donors (Lipinski definition) is 2. The van der Waals surface area contributed by atoms with Crippen molar-refractivity contribution < 1.29 is 13.6 Å². The molecule has 6 nitrogen and oxygen atoms in total. The molecular weight excluding hydrogens is 480 g/mol. The molecule has 0 radical (unpaired) electrons. The second-order valence-electron chi connectivity index (χ2n) is 8.38. The van der Waals surface area contributed by atoms with E-state index in [-0.39, 0.29) is 35.9 Å². The molecule has 182 valence electrons. The van der Waals surface area contributed by atoms with E-state index in [4.69, 9.17) is 12.2 Å². The van der Waals surface area contributed by atoms with Crippen LogP contribution in [-0.4, -0.2) is 32.0 Å².